The highest BCUT2D eigenvalue weighted by atomic mass is 16.5. The van der Waals surface area contributed by atoms with Crippen molar-refractivity contribution in [2.45, 2.75) is 32.4 Å². The number of benzene rings is 1. The van der Waals surface area contributed by atoms with Gasteiger partial charge >= 0.3 is 0 Å². The number of aryl methyl sites for hydroxylation is 1. The van der Waals surface area contributed by atoms with Crippen molar-refractivity contribution < 1.29 is 9.47 Å². The van der Waals surface area contributed by atoms with Crippen LogP contribution in [0.3, 0.4) is 0 Å². The van der Waals surface area contributed by atoms with Gasteiger partial charge < -0.3 is 14.0 Å². The Bertz CT molecular complexity index is 829. The smallest absolute Gasteiger partial charge is 0.169 e. The monoisotopic (exact) mass is 335 g/mol. The van der Waals surface area contributed by atoms with Gasteiger partial charge in [-0.1, -0.05) is 12.1 Å². The normalized spacial score (nSPS) is 16.4. The Kier molecular flexibility index (Phi) is 5.20. The Balaban J connectivity index is 1.75. The number of imidazole rings is 1. The van der Waals surface area contributed by atoms with Crippen molar-refractivity contribution in [3.05, 3.63) is 59.7 Å². The van der Waals surface area contributed by atoms with E-state index in [0.29, 0.717) is 0 Å². The molecule has 1 aliphatic rings. The van der Waals surface area contributed by atoms with Crippen molar-refractivity contribution in [1.29, 1.82) is 5.26 Å². The van der Waals surface area contributed by atoms with E-state index < -0.39 is 0 Å². The first kappa shape index (κ1) is 16.8. The maximum absolute atomic E-state index is 9.45. The molecule has 1 aromatic heterocycles. The van der Waals surface area contributed by atoms with Crippen LogP contribution in [0.2, 0.25) is 0 Å². The first-order valence-electron chi connectivity index (χ1n) is 8.33. The van der Waals surface area contributed by atoms with Gasteiger partial charge in [0.2, 0.25) is 0 Å². The van der Waals surface area contributed by atoms with Gasteiger partial charge in [0.1, 0.15) is 6.10 Å². The first-order chi connectivity index (χ1) is 12.2. The number of para-hydroxylation sites is 1. The highest BCUT2D eigenvalue weighted by molar-refractivity contribution is 5.69. The van der Waals surface area contributed by atoms with Crippen LogP contribution in [0.4, 0.5) is 0 Å². The molecule has 25 heavy (non-hydrogen) atoms. The lowest BCUT2D eigenvalue weighted by Gasteiger charge is -2.24. The maximum atomic E-state index is 9.45. The molecule has 0 N–H and O–H groups in total. The molecule has 1 aliphatic heterocycles. The van der Waals surface area contributed by atoms with Gasteiger partial charge in [-0.25, -0.2) is 4.98 Å². The summed E-state index contributed by atoms with van der Waals surface area (Å²) in [5.74, 6) is 1.48. The van der Waals surface area contributed by atoms with Gasteiger partial charge in [-0.3, -0.25) is 0 Å². The summed E-state index contributed by atoms with van der Waals surface area (Å²) in [7, 11) is 1.64. The van der Waals surface area contributed by atoms with Gasteiger partial charge in [-0.2, -0.15) is 5.26 Å². The highest BCUT2D eigenvalue weighted by Gasteiger charge is 2.21. The molecule has 2 aromatic rings. The predicted octanol–water partition coefficient (Wildman–Crippen LogP) is 3.99. The number of ether oxygens (including phenoxy) is 2. The largest absolute Gasteiger partial charge is 0.493 e. The zero-order valence-corrected chi connectivity index (χ0v) is 14.5. The molecule has 3 rings (SSSR count). The van der Waals surface area contributed by atoms with Gasteiger partial charge in [-0.15, -0.1) is 0 Å². The Labute approximate surface area is 147 Å². The van der Waals surface area contributed by atoms with E-state index in [4.69, 9.17) is 9.47 Å². The predicted molar refractivity (Wildman–Crippen MR) is 96.2 cm³/mol. The molecule has 0 fully saturated rings. The van der Waals surface area contributed by atoms with Crippen molar-refractivity contribution in [2.24, 2.45) is 0 Å². The number of hydrogen-bond acceptors (Lipinski definition) is 4. The fourth-order valence-electron chi connectivity index (χ4n) is 2.87. The van der Waals surface area contributed by atoms with E-state index in [0.717, 1.165) is 47.6 Å². The second kappa shape index (κ2) is 7.71. The van der Waals surface area contributed by atoms with E-state index in [9.17, 15) is 5.26 Å². The second-order valence-electron chi connectivity index (χ2n) is 5.97. The Morgan fingerprint density at radius 1 is 1.48 bits per heavy atom. The van der Waals surface area contributed by atoms with Crippen molar-refractivity contribution in [3.63, 3.8) is 0 Å². The molecule has 128 valence electrons. The van der Waals surface area contributed by atoms with E-state index in [-0.39, 0.29) is 6.10 Å². The Morgan fingerprint density at radius 3 is 3.08 bits per heavy atom. The van der Waals surface area contributed by atoms with Gasteiger partial charge in [0.05, 0.1) is 19.5 Å². The molecular formula is C20H21N3O2. The number of nitrogens with zero attached hydrogens (tertiary/aromatic N) is 3. The average molecular weight is 335 g/mol. The zero-order chi connectivity index (χ0) is 17.6. The van der Waals surface area contributed by atoms with Crippen molar-refractivity contribution in [2.75, 3.05) is 7.11 Å². The Hall–Kier alpha value is -3.00. The van der Waals surface area contributed by atoms with Crippen LogP contribution in [0, 0.1) is 11.3 Å². The molecular weight excluding hydrogens is 314 g/mol. The van der Waals surface area contributed by atoms with E-state index in [2.05, 4.69) is 17.1 Å². The number of methoxy groups -OCH3 is 1. The number of nitriles is 1. The second-order valence-corrected chi connectivity index (χ2v) is 5.97. The van der Waals surface area contributed by atoms with Crippen LogP contribution in [0.1, 0.15) is 25.3 Å². The first-order valence-corrected chi connectivity index (χ1v) is 8.33. The Morgan fingerprint density at radius 2 is 2.36 bits per heavy atom. The molecule has 0 aliphatic carbocycles. The summed E-state index contributed by atoms with van der Waals surface area (Å²) in [6, 6.07) is 8.12. The standard InChI is InChI=1S/C20H21N3O2/c1-15-18(12-17-6-3-7-19(24-2)20(17)25-15)11-16(13-21)5-4-9-23-10-8-22-14-23/h3,6-8,10-12,14-15H,4-5,9H2,1-2H3/b16-11+. The van der Waals surface area contributed by atoms with Crippen molar-refractivity contribution >= 4 is 6.08 Å². The summed E-state index contributed by atoms with van der Waals surface area (Å²) in [6.45, 7) is 2.84. The molecule has 1 unspecified atom stereocenters. The molecule has 0 bridgehead atoms. The molecule has 1 aromatic carbocycles. The number of fused-ring (bicyclic) bond motifs is 1. The number of allylic oxidation sites excluding steroid dienone is 1. The van der Waals surface area contributed by atoms with Crippen LogP contribution in [-0.4, -0.2) is 22.8 Å². The van der Waals surface area contributed by atoms with Gasteiger partial charge in [-0.05, 0) is 43.6 Å². The van der Waals surface area contributed by atoms with Crippen molar-refractivity contribution in [3.8, 4) is 17.6 Å². The van der Waals surface area contributed by atoms with E-state index in [1.54, 1.807) is 19.6 Å². The van der Waals surface area contributed by atoms with E-state index >= 15 is 0 Å². The number of rotatable bonds is 6. The summed E-state index contributed by atoms with van der Waals surface area (Å²) in [5, 5.41) is 9.45. The molecule has 0 radical (unpaired) electrons. The fraction of sp³-hybridized carbons (Fsp3) is 0.300. The molecule has 5 heteroatoms. The SMILES string of the molecule is COc1cccc2c1OC(C)C(/C=C(/C#N)CCCn1ccnc1)=C2. The zero-order valence-electron chi connectivity index (χ0n) is 14.5. The third kappa shape index (κ3) is 3.92. The lowest BCUT2D eigenvalue weighted by molar-refractivity contribution is 0.243. The van der Waals surface area contributed by atoms with Crippen LogP contribution in [0.15, 0.2) is 54.1 Å². The fourth-order valence-corrected chi connectivity index (χ4v) is 2.87. The number of hydrogen-bond donors (Lipinski definition) is 0. The molecule has 5 nitrogen and oxygen atoms in total. The third-order valence-corrected chi connectivity index (χ3v) is 4.22. The minimum Gasteiger partial charge on any atom is -0.493 e. The quantitative estimate of drug-likeness (QED) is 0.749. The minimum atomic E-state index is -0.124. The summed E-state index contributed by atoms with van der Waals surface area (Å²) < 4.78 is 13.4. The summed E-state index contributed by atoms with van der Waals surface area (Å²) in [4.78, 5) is 4.03. The topological polar surface area (TPSA) is 60.1 Å². The van der Waals surface area contributed by atoms with Crippen molar-refractivity contribution in [1.82, 2.24) is 9.55 Å². The summed E-state index contributed by atoms with van der Waals surface area (Å²) in [6.07, 6.45) is 11.0. The molecule has 1 atom stereocenters. The van der Waals surface area contributed by atoms with Gasteiger partial charge in [0, 0.05) is 30.1 Å². The van der Waals surface area contributed by atoms with Crippen LogP contribution < -0.4 is 9.47 Å². The van der Waals surface area contributed by atoms with Gasteiger partial charge in [0.15, 0.2) is 11.5 Å². The molecule has 0 saturated carbocycles. The molecule has 0 amide bonds. The van der Waals surface area contributed by atoms with E-state index in [1.807, 2.05) is 42.0 Å². The summed E-state index contributed by atoms with van der Waals surface area (Å²) >= 11 is 0. The number of aromatic nitrogens is 2. The summed E-state index contributed by atoms with van der Waals surface area (Å²) in [5.41, 5.74) is 2.73. The van der Waals surface area contributed by atoms with E-state index in [1.165, 1.54) is 0 Å². The highest BCUT2D eigenvalue weighted by Crippen LogP contribution is 2.38. The van der Waals surface area contributed by atoms with Crippen LogP contribution >= 0.6 is 0 Å². The van der Waals surface area contributed by atoms with Crippen LogP contribution in [0.5, 0.6) is 11.5 Å². The van der Waals surface area contributed by atoms with Crippen LogP contribution in [0.25, 0.3) is 6.08 Å². The lowest BCUT2D eigenvalue weighted by atomic mass is 9.99. The third-order valence-electron chi connectivity index (χ3n) is 4.22. The molecule has 0 spiro atoms. The van der Waals surface area contributed by atoms with Gasteiger partial charge in [0.25, 0.3) is 0 Å². The molecule has 0 saturated heterocycles. The lowest BCUT2D eigenvalue weighted by Crippen LogP contribution is -2.18. The maximum Gasteiger partial charge on any atom is 0.169 e. The minimum absolute atomic E-state index is 0.124. The molecule has 2 heterocycles. The average Bonchev–Trinajstić information content (AvgIpc) is 3.14. The van der Waals surface area contributed by atoms with Crippen LogP contribution in [-0.2, 0) is 6.54 Å².